The standard InChI is InChI=1S/C17H18FN3O2/c1-2-3-8-20-16(22)12-7-9-19-15(10-12)17(23)21-14-6-4-5-13(18)11-14/h4-7,9-11H,2-3,8H2,1H3,(H,20,22)(H,21,23). The van der Waals surface area contributed by atoms with Crippen LogP contribution in [0.4, 0.5) is 10.1 Å². The number of aromatic nitrogens is 1. The normalized spacial score (nSPS) is 10.2. The Balaban J connectivity index is 2.06. The zero-order valence-electron chi connectivity index (χ0n) is 12.8. The topological polar surface area (TPSA) is 71.1 Å². The number of nitrogens with zero attached hydrogens (tertiary/aromatic N) is 1. The molecule has 2 N–H and O–H groups in total. The molecule has 2 rings (SSSR count). The molecule has 0 spiro atoms. The maximum Gasteiger partial charge on any atom is 0.274 e. The summed E-state index contributed by atoms with van der Waals surface area (Å²) in [6, 6.07) is 8.52. The molecule has 0 fully saturated rings. The van der Waals surface area contributed by atoms with Gasteiger partial charge in [-0.15, -0.1) is 0 Å². The highest BCUT2D eigenvalue weighted by atomic mass is 19.1. The molecular weight excluding hydrogens is 297 g/mol. The van der Waals surface area contributed by atoms with E-state index in [2.05, 4.69) is 15.6 Å². The molecule has 120 valence electrons. The number of hydrogen-bond donors (Lipinski definition) is 2. The van der Waals surface area contributed by atoms with Crippen molar-refractivity contribution in [3.63, 3.8) is 0 Å². The van der Waals surface area contributed by atoms with Crippen LogP contribution >= 0.6 is 0 Å². The van der Waals surface area contributed by atoms with E-state index < -0.39 is 11.7 Å². The average Bonchev–Trinajstić information content (AvgIpc) is 2.55. The first-order valence-electron chi connectivity index (χ1n) is 7.41. The highest BCUT2D eigenvalue weighted by Crippen LogP contribution is 2.11. The highest BCUT2D eigenvalue weighted by Gasteiger charge is 2.12. The molecule has 0 saturated heterocycles. The van der Waals surface area contributed by atoms with E-state index in [0.717, 1.165) is 12.8 Å². The number of anilines is 1. The van der Waals surface area contributed by atoms with Crippen LogP contribution in [0.2, 0.25) is 0 Å². The lowest BCUT2D eigenvalue weighted by Crippen LogP contribution is -2.25. The Hall–Kier alpha value is -2.76. The van der Waals surface area contributed by atoms with Gasteiger partial charge < -0.3 is 10.6 Å². The quantitative estimate of drug-likeness (QED) is 0.805. The van der Waals surface area contributed by atoms with Crippen LogP contribution in [0, 0.1) is 5.82 Å². The Morgan fingerprint density at radius 3 is 2.74 bits per heavy atom. The molecule has 1 aromatic heterocycles. The molecule has 0 aliphatic heterocycles. The summed E-state index contributed by atoms with van der Waals surface area (Å²) in [6.07, 6.45) is 3.27. The third-order valence-electron chi connectivity index (χ3n) is 3.15. The van der Waals surface area contributed by atoms with E-state index in [9.17, 15) is 14.0 Å². The molecular formula is C17H18FN3O2. The van der Waals surface area contributed by atoms with Crippen LogP contribution in [0.15, 0.2) is 42.6 Å². The number of rotatable bonds is 6. The van der Waals surface area contributed by atoms with Crippen molar-refractivity contribution in [2.45, 2.75) is 19.8 Å². The number of pyridine rings is 1. The Labute approximate surface area is 133 Å². The lowest BCUT2D eigenvalue weighted by molar-refractivity contribution is 0.0953. The van der Waals surface area contributed by atoms with Crippen molar-refractivity contribution >= 4 is 17.5 Å². The van der Waals surface area contributed by atoms with Gasteiger partial charge >= 0.3 is 0 Å². The fourth-order valence-corrected chi connectivity index (χ4v) is 1.94. The van der Waals surface area contributed by atoms with Gasteiger partial charge in [0.2, 0.25) is 0 Å². The van der Waals surface area contributed by atoms with Crippen molar-refractivity contribution in [2.75, 3.05) is 11.9 Å². The van der Waals surface area contributed by atoms with Crippen molar-refractivity contribution in [2.24, 2.45) is 0 Å². The van der Waals surface area contributed by atoms with Crippen molar-refractivity contribution in [1.82, 2.24) is 10.3 Å². The van der Waals surface area contributed by atoms with E-state index in [1.54, 1.807) is 12.1 Å². The predicted octanol–water partition coefficient (Wildman–Crippen LogP) is 3.00. The van der Waals surface area contributed by atoms with E-state index in [0.29, 0.717) is 17.8 Å². The Morgan fingerprint density at radius 2 is 2.00 bits per heavy atom. The van der Waals surface area contributed by atoms with Gasteiger partial charge in [0.25, 0.3) is 11.8 Å². The van der Waals surface area contributed by atoms with Gasteiger partial charge in [-0.25, -0.2) is 4.39 Å². The Kier molecular flexibility index (Phi) is 5.80. The number of carbonyl (C=O) groups is 2. The third-order valence-corrected chi connectivity index (χ3v) is 3.15. The van der Waals surface area contributed by atoms with Crippen LogP contribution in [0.3, 0.4) is 0 Å². The van der Waals surface area contributed by atoms with Crippen molar-refractivity contribution in [1.29, 1.82) is 0 Å². The van der Waals surface area contributed by atoms with Gasteiger partial charge in [0.1, 0.15) is 11.5 Å². The summed E-state index contributed by atoms with van der Waals surface area (Å²) in [5, 5.41) is 5.32. The van der Waals surface area contributed by atoms with Gasteiger partial charge in [-0.1, -0.05) is 19.4 Å². The molecule has 1 heterocycles. The Bertz CT molecular complexity index is 704. The largest absolute Gasteiger partial charge is 0.352 e. The number of unbranched alkanes of at least 4 members (excludes halogenated alkanes) is 1. The van der Waals surface area contributed by atoms with E-state index >= 15 is 0 Å². The summed E-state index contributed by atoms with van der Waals surface area (Å²) < 4.78 is 13.1. The van der Waals surface area contributed by atoms with Gasteiger partial charge in [-0.05, 0) is 36.8 Å². The van der Waals surface area contributed by atoms with E-state index in [-0.39, 0.29) is 11.6 Å². The molecule has 0 unspecified atom stereocenters. The number of amides is 2. The van der Waals surface area contributed by atoms with E-state index in [1.807, 2.05) is 6.92 Å². The molecule has 0 aliphatic rings. The fraction of sp³-hybridized carbons (Fsp3) is 0.235. The summed E-state index contributed by atoms with van der Waals surface area (Å²) in [6.45, 7) is 2.62. The van der Waals surface area contributed by atoms with E-state index in [1.165, 1.54) is 30.5 Å². The maximum absolute atomic E-state index is 13.1. The second-order valence-electron chi connectivity index (χ2n) is 5.00. The molecule has 1 aromatic carbocycles. The second-order valence-corrected chi connectivity index (χ2v) is 5.00. The minimum Gasteiger partial charge on any atom is -0.352 e. The first kappa shape index (κ1) is 16.6. The fourth-order valence-electron chi connectivity index (χ4n) is 1.94. The highest BCUT2D eigenvalue weighted by molar-refractivity contribution is 6.04. The number of hydrogen-bond acceptors (Lipinski definition) is 3. The van der Waals surface area contributed by atoms with E-state index in [4.69, 9.17) is 0 Å². The molecule has 0 radical (unpaired) electrons. The summed E-state index contributed by atoms with van der Waals surface area (Å²) in [7, 11) is 0. The van der Waals surface area contributed by atoms with Gasteiger partial charge in [-0.3, -0.25) is 14.6 Å². The molecule has 0 aliphatic carbocycles. The summed E-state index contributed by atoms with van der Waals surface area (Å²) in [4.78, 5) is 28.1. The molecule has 0 saturated carbocycles. The van der Waals surface area contributed by atoms with Crippen LogP contribution in [0.5, 0.6) is 0 Å². The first-order valence-corrected chi connectivity index (χ1v) is 7.41. The number of carbonyl (C=O) groups excluding carboxylic acids is 2. The van der Waals surface area contributed by atoms with Crippen molar-refractivity contribution in [3.05, 3.63) is 59.7 Å². The maximum atomic E-state index is 13.1. The first-order chi connectivity index (χ1) is 11.1. The lowest BCUT2D eigenvalue weighted by Gasteiger charge is -2.07. The molecule has 2 aromatic rings. The summed E-state index contributed by atoms with van der Waals surface area (Å²) >= 11 is 0. The SMILES string of the molecule is CCCCNC(=O)c1ccnc(C(=O)Nc2cccc(F)c2)c1. The van der Waals surface area contributed by atoms with Crippen molar-refractivity contribution < 1.29 is 14.0 Å². The van der Waals surface area contributed by atoms with Crippen LogP contribution in [-0.2, 0) is 0 Å². The van der Waals surface area contributed by atoms with Crippen LogP contribution in [0.25, 0.3) is 0 Å². The third kappa shape index (κ3) is 4.88. The number of halogens is 1. The van der Waals surface area contributed by atoms with Gasteiger partial charge in [0, 0.05) is 24.0 Å². The zero-order valence-corrected chi connectivity index (χ0v) is 12.8. The van der Waals surface area contributed by atoms with Gasteiger partial charge in [0.05, 0.1) is 0 Å². The summed E-state index contributed by atoms with van der Waals surface area (Å²) in [5.41, 5.74) is 0.785. The van der Waals surface area contributed by atoms with Crippen molar-refractivity contribution in [3.8, 4) is 0 Å². The molecule has 23 heavy (non-hydrogen) atoms. The molecule has 6 heteroatoms. The van der Waals surface area contributed by atoms with Gasteiger partial charge in [0.15, 0.2) is 0 Å². The zero-order chi connectivity index (χ0) is 16.7. The molecule has 2 amide bonds. The predicted molar refractivity (Wildman–Crippen MR) is 85.8 cm³/mol. The molecule has 0 atom stereocenters. The van der Waals surface area contributed by atoms with Crippen LogP contribution < -0.4 is 10.6 Å². The number of benzene rings is 1. The van der Waals surface area contributed by atoms with Crippen LogP contribution in [0.1, 0.15) is 40.6 Å². The number of nitrogens with one attached hydrogen (secondary N) is 2. The second kappa shape index (κ2) is 8.03. The smallest absolute Gasteiger partial charge is 0.274 e. The minimum absolute atomic E-state index is 0.0948. The van der Waals surface area contributed by atoms with Gasteiger partial charge in [-0.2, -0.15) is 0 Å². The average molecular weight is 315 g/mol. The lowest BCUT2D eigenvalue weighted by atomic mass is 10.2. The minimum atomic E-state index is -0.501. The van der Waals surface area contributed by atoms with Crippen LogP contribution in [-0.4, -0.2) is 23.3 Å². The summed E-state index contributed by atoms with van der Waals surface area (Å²) in [5.74, 6) is -1.20. The molecule has 5 nitrogen and oxygen atoms in total. The monoisotopic (exact) mass is 315 g/mol. The molecule has 0 bridgehead atoms. The Morgan fingerprint density at radius 1 is 1.17 bits per heavy atom.